The molecule has 2 nitrogen and oxygen atoms in total. The van der Waals surface area contributed by atoms with Crippen LogP contribution in [0.3, 0.4) is 0 Å². The van der Waals surface area contributed by atoms with Gasteiger partial charge in [-0.3, -0.25) is 0 Å². The molecule has 2 aromatic carbocycles. The monoisotopic (exact) mass is 241 g/mol. The number of aryl methyl sites for hydroxylation is 2. The van der Waals surface area contributed by atoms with E-state index in [1.165, 1.54) is 5.56 Å². The highest BCUT2D eigenvalue weighted by Gasteiger charge is 2.04. The predicted octanol–water partition coefficient (Wildman–Crippen LogP) is 3.92. The number of nitrogens with one attached hydrogen (secondary N) is 1. The summed E-state index contributed by atoms with van der Waals surface area (Å²) < 4.78 is 5.37. The van der Waals surface area contributed by atoms with Gasteiger partial charge in [0.25, 0.3) is 0 Å². The van der Waals surface area contributed by atoms with Gasteiger partial charge in [-0.2, -0.15) is 0 Å². The molecule has 0 saturated heterocycles. The molecule has 0 amide bonds. The Balaban J connectivity index is 2.11. The van der Waals surface area contributed by atoms with Crippen LogP contribution in [0.15, 0.2) is 42.5 Å². The first-order chi connectivity index (χ1) is 8.70. The molecule has 0 heterocycles. The molecule has 2 rings (SSSR count). The maximum absolute atomic E-state index is 5.37. The number of ether oxygens (including phenoxy) is 1. The van der Waals surface area contributed by atoms with E-state index in [4.69, 9.17) is 4.74 Å². The molecule has 94 valence electrons. The molecule has 0 bridgehead atoms. The van der Waals surface area contributed by atoms with Crippen molar-refractivity contribution in [2.24, 2.45) is 0 Å². The normalized spacial score (nSPS) is 10.2. The lowest BCUT2D eigenvalue weighted by molar-refractivity contribution is 0.408. The van der Waals surface area contributed by atoms with Crippen LogP contribution in [0.2, 0.25) is 0 Å². The average molecular weight is 241 g/mol. The van der Waals surface area contributed by atoms with E-state index in [1.807, 2.05) is 6.07 Å². The number of benzene rings is 2. The highest BCUT2D eigenvalue weighted by atomic mass is 16.5. The summed E-state index contributed by atoms with van der Waals surface area (Å²) in [7, 11) is 1.71. The Hall–Kier alpha value is -1.96. The van der Waals surface area contributed by atoms with E-state index in [2.05, 4.69) is 55.6 Å². The van der Waals surface area contributed by atoms with Crippen LogP contribution >= 0.6 is 0 Å². The molecule has 1 N–H and O–H groups in total. The molecule has 18 heavy (non-hydrogen) atoms. The summed E-state index contributed by atoms with van der Waals surface area (Å²) in [5.74, 6) is 0.972. The Labute approximate surface area is 109 Å². The Morgan fingerprint density at radius 2 is 1.61 bits per heavy atom. The van der Waals surface area contributed by atoms with E-state index in [-0.39, 0.29) is 0 Å². The smallest absolute Gasteiger partial charge is 0.124 e. The molecule has 0 aliphatic heterocycles. The van der Waals surface area contributed by atoms with Gasteiger partial charge in [-0.25, -0.2) is 0 Å². The van der Waals surface area contributed by atoms with Crippen LogP contribution in [0.25, 0.3) is 0 Å². The third-order valence-corrected chi connectivity index (χ3v) is 3.00. The molecule has 0 aliphatic rings. The van der Waals surface area contributed by atoms with Gasteiger partial charge in [-0.05, 0) is 42.7 Å². The molecule has 2 heteroatoms. The summed E-state index contributed by atoms with van der Waals surface area (Å²) in [6.07, 6.45) is 0. The maximum Gasteiger partial charge on any atom is 0.124 e. The van der Waals surface area contributed by atoms with Gasteiger partial charge < -0.3 is 10.1 Å². The lowest BCUT2D eigenvalue weighted by atomic mass is 10.1. The van der Waals surface area contributed by atoms with Gasteiger partial charge in [0.15, 0.2) is 0 Å². The number of hydrogen-bond acceptors (Lipinski definition) is 2. The molecule has 0 unspecified atom stereocenters. The Kier molecular flexibility index (Phi) is 3.88. The van der Waals surface area contributed by atoms with Crippen LogP contribution in [-0.2, 0) is 6.54 Å². The summed E-state index contributed by atoms with van der Waals surface area (Å²) in [5, 5.41) is 3.44. The summed E-state index contributed by atoms with van der Waals surface area (Å²) in [6, 6.07) is 14.6. The van der Waals surface area contributed by atoms with Crippen molar-refractivity contribution in [2.45, 2.75) is 20.4 Å². The molecule has 0 radical (unpaired) electrons. The average Bonchev–Trinajstić information content (AvgIpc) is 2.37. The van der Waals surface area contributed by atoms with Gasteiger partial charge >= 0.3 is 0 Å². The van der Waals surface area contributed by atoms with Gasteiger partial charge in [0, 0.05) is 12.2 Å². The van der Waals surface area contributed by atoms with E-state index in [9.17, 15) is 0 Å². The first kappa shape index (κ1) is 12.5. The van der Waals surface area contributed by atoms with Crippen LogP contribution in [0.1, 0.15) is 16.7 Å². The van der Waals surface area contributed by atoms with Gasteiger partial charge in [-0.15, -0.1) is 0 Å². The quantitative estimate of drug-likeness (QED) is 0.875. The van der Waals surface area contributed by atoms with Crippen LogP contribution in [0.5, 0.6) is 5.75 Å². The minimum absolute atomic E-state index is 0.839. The van der Waals surface area contributed by atoms with Crippen molar-refractivity contribution in [3.05, 3.63) is 59.2 Å². The van der Waals surface area contributed by atoms with Crippen LogP contribution in [0.4, 0.5) is 5.69 Å². The number of anilines is 1. The minimum Gasteiger partial charge on any atom is -0.496 e. The third-order valence-electron chi connectivity index (χ3n) is 3.00. The van der Waals surface area contributed by atoms with Crippen molar-refractivity contribution in [3.8, 4) is 5.75 Å². The van der Waals surface area contributed by atoms with E-state index in [0.29, 0.717) is 0 Å². The Morgan fingerprint density at radius 1 is 1.00 bits per heavy atom. The van der Waals surface area contributed by atoms with Crippen molar-refractivity contribution < 1.29 is 4.74 Å². The number of methoxy groups -OCH3 is 1. The molecule has 0 saturated carbocycles. The van der Waals surface area contributed by atoms with E-state index in [1.54, 1.807) is 7.11 Å². The van der Waals surface area contributed by atoms with Crippen LogP contribution in [0, 0.1) is 13.8 Å². The fraction of sp³-hybridized carbons (Fsp3) is 0.250. The molecular weight excluding hydrogens is 222 g/mol. The van der Waals surface area contributed by atoms with Crippen molar-refractivity contribution in [1.29, 1.82) is 0 Å². The maximum atomic E-state index is 5.37. The van der Waals surface area contributed by atoms with Crippen LogP contribution in [-0.4, -0.2) is 7.11 Å². The zero-order valence-electron chi connectivity index (χ0n) is 11.2. The topological polar surface area (TPSA) is 21.3 Å². The second-order valence-electron chi connectivity index (χ2n) is 4.48. The summed E-state index contributed by atoms with van der Waals surface area (Å²) >= 11 is 0. The van der Waals surface area contributed by atoms with Crippen molar-refractivity contribution in [3.63, 3.8) is 0 Å². The zero-order chi connectivity index (χ0) is 13.0. The molecule has 2 aromatic rings. The molecule has 0 atom stereocenters. The standard InChI is InChI=1S/C16H19NO/c1-12-9-15(10-13(2)16(12)18-3)17-11-14-7-5-4-6-8-14/h4-10,17H,11H2,1-3H3. The Morgan fingerprint density at radius 3 is 2.17 bits per heavy atom. The summed E-state index contributed by atoms with van der Waals surface area (Å²) in [5.41, 5.74) is 4.74. The first-order valence-electron chi connectivity index (χ1n) is 6.13. The second-order valence-corrected chi connectivity index (χ2v) is 4.48. The lowest BCUT2D eigenvalue weighted by Crippen LogP contribution is -2.01. The minimum atomic E-state index is 0.839. The summed E-state index contributed by atoms with van der Waals surface area (Å²) in [4.78, 5) is 0. The lowest BCUT2D eigenvalue weighted by Gasteiger charge is -2.13. The highest BCUT2D eigenvalue weighted by molar-refractivity contribution is 5.55. The van der Waals surface area contributed by atoms with Crippen molar-refractivity contribution >= 4 is 5.69 Å². The Bertz CT molecular complexity index is 497. The molecule has 0 aromatic heterocycles. The van der Waals surface area contributed by atoms with E-state index >= 15 is 0 Å². The predicted molar refractivity (Wildman–Crippen MR) is 76.2 cm³/mol. The highest BCUT2D eigenvalue weighted by Crippen LogP contribution is 2.26. The van der Waals surface area contributed by atoms with Crippen molar-refractivity contribution in [2.75, 3.05) is 12.4 Å². The van der Waals surface area contributed by atoms with E-state index < -0.39 is 0 Å². The van der Waals surface area contributed by atoms with Gasteiger partial charge in [0.2, 0.25) is 0 Å². The van der Waals surface area contributed by atoms with Gasteiger partial charge in [0.1, 0.15) is 5.75 Å². The molecular formula is C16H19NO. The number of rotatable bonds is 4. The number of hydrogen-bond donors (Lipinski definition) is 1. The fourth-order valence-electron chi connectivity index (χ4n) is 2.17. The second kappa shape index (κ2) is 5.58. The van der Waals surface area contributed by atoms with Crippen LogP contribution < -0.4 is 10.1 Å². The molecule has 0 spiro atoms. The van der Waals surface area contributed by atoms with E-state index in [0.717, 1.165) is 29.1 Å². The van der Waals surface area contributed by atoms with Gasteiger partial charge in [0.05, 0.1) is 7.11 Å². The largest absolute Gasteiger partial charge is 0.496 e. The molecule has 0 aliphatic carbocycles. The summed E-state index contributed by atoms with van der Waals surface area (Å²) in [6.45, 7) is 4.98. The third kappa shape index (κ3) is 2.83. The van der Waals surface area contributed by atoms with Crippen molar-refractivity contribution in [1.82, 2.24) is 0 Å². The zero-order valence-corrected chi connectivity index (χ0v) is 11.2. The first-order valence-corrected chi connectivity index (χ1v) is 6.13. The van der Waals surface area contributed by atoms with Gasteiger partial charge in [-0.1, -0.05) is 30.3 Å². The molecule has 0 fully saturated rings. The fourth-order valence-corrected chi connectivity index (χ4v) is 2.17. The SMILES string of the molecule is COc1c(C)cc(NCc2ccccc2)cc1C.